The monoisotopic (exact) mass is 449 g/mol. The van der Waals surface area contributed by atoms with Crippen LogP contribution in [0.3, 0.4) is 0 Å². The van der Waals surface area contributed by atoms with Crippen LogP contribution in [0, 0.1) is 5.41 Å². The van der Waals surface area contributed by atoms with Gasteiger partial charge in [-0.3, -0.25) is 4.79 Å². The molecule has 1 atom stereocenters. The molecule has 2 aliphatic rings. The van der Waals surface area contributed by atoms with Crippen molar-refractivity contribution in [3.05, 3.63) is 44.7 Å². The van der Waals surface area contributed by atoms with E-state index in [2.05, 4.69) is 35.1 Å². The van der Waals surface area contributed by atoms with Gasteiger partial charge in [-0.1, -0.05) is 13.8 Å². The number of ketones is 1. The van der Waals surface area contributed by atoms with E-state index in [1.165, 1.54) is 14.2 Å². The van der Waals surface area contributed by atoms with Crippen LogP contribution in [0.25, 0.3) is 0 Å². The van der Waals surface area contributed by atoms with Gasteiger partial charge in [0.15, 0.2) is 17.3 Å². The molecule has 2 N–H and O–H groups in total. The van der Waals surface area contributed by atoms with E-state index >= 15 is 0 Å². The van der Waals surface area contributed by atoms with E-state index in [1.54, 1.807) is 12.1 Å². The van der Waals surface area contributed by atoms with Crippen LogP contribution in [0.15, 0.2) is 39.1 Å². The summed E-state index contributed by atoms with van der Waals surface area (Å²) in [6, 6.07) is 3.37. The minimum atomic E-state index is -0.599. The normalized spacial score (nSPS) is 21.2. The molecule has 0 saturated heterocycles. The maximum Gasteiger partial charge on any atom is 0.336 e. The number of dihydropyridines is 1. The average molecular weight is 450 g/mol. The van der Waals surface area contributed by atoms with Gasteiger partial charge in [-0.2, -0.15) is 0 Å². The smallest absolute Gasteiger partial charge is 0.336 e. The molecule has 7 heteroatoms. The third kappa shape index (κ3) is 3.43. The molecule has 1 aromatic rings. The number of phenolic OH excluding ortho intramolecular Hbond substituents is 1. The Morgan fingerprint density at radius 1 is 1.29 bits per heavy atom. The molecule has 0 spiro atoms. The van der Waals surface area contributed by atoms with Crippen LogP contribution in [0.5, 0.6) is 11.5 Å². The average Bonchev–Trinajstić information content (AvgIpc) is 2.61. The molecule has 1 aliphatic carbocycles. The summed E-state index contributed by atoms with van der Waals surface area (Å²) in [5.41, 5.74) is 2.95. The Kier molecular flexibility index (Phi) is 5.32. The zero-order chi connectivity index (χ0) is 20.8. The number of carbonyl (C=O) groups is 2. The number of halogens is 1. The minimum absolute atomic E-state index is 0.000757. The number of rotatable bonds is 3. The molecule has 150 valence electrons. The summed E-state index contributed by atoms with van der Waals surface area (Å²) < 4.78 is 10.7. The number of aromatic hydroxyl groups is 1. The van der Waals surface area contributed by atoms with Gasteiger partial charge in [0.2, 0.25) is 0 Å². The van der Waals surface area contributed by atoms with E-state index in [1.807, 2.05) is 6.92 Å². The standard InChI is InChI=1S/C21H24BrNO5/c1-10-16(20(26)28-5)17(11-6-12(22)19(25)15(7-11)27-4)18-13(23-10)8-21(2,3)9-14(18)24/h6-7,17,23,25H,8-9H2,1-5H3. The third-order valence-corrected chi connectivity index (χ3v) is 5.85. The third-order valence-electron chi connectivity index (χ3n) is 5.25. The van der Waals surface area contributed by atoms with Gasteiger partial charge in [-0.25, -0.2) is 4.79 Å². The van der Waals surface area contributed by atoms with Crippen LogP contribution in [0.4, 0.5) is 0 Å². The Morgan fingerprint density at radius 3 is 2.57 bits per heavy atom. The molecule has 0 bridgehead atoms. The molecule has 6 nitrogen and oxygen atoms in total. The summed E-state index contributed by atoms with van der Waals surface area (Å²) in [6.07, 6.45) is 1.10. The first kappa shape index (κ1) is 20.5. The van der Waals surface area contributed by atoms with E-state index in [0.717, 1.165) is 5.70 Å². The summed E-state index contributed by atoms with van der Waals surface area (Å²) in [6.45, 7) is 5.92. The number of nitrogens with one attached hydrogen (secondary N) is 1. The predicted molar refractivity (Wildman–Crippen MR) is 108 cm³/mol. The molecule has 0 amide bonds. The minimum Gasteiger partial charge on any atom is -0.503 e. The summed E-state index contributed by atoms with van der Waals surface area (Å²) in [5.74, 6) is -0.873. The van der Waals surface area contributed by atoms with E-state index in [9.17, 15) is 14.7 Å². The topological polar surface area (TPSA) is 84.9 Å². The summed E-state index contributed by atoms with van der Waals surface area (Å²) in [4.78, 5) is 25.8. The molecule has 0 aromatic heterocycles. The van der Waals surface area contributed by atoms with Crippen LogP contribution >= 0.6 is 15.9 Å². The highest BCUT2D eigenvalue weighted by atomic mass is 79.9. The second kappa shape index (κ2) is 7.28. The fourth-order valence-electron chi connectivity index (χ4n) is 4.07. The van der Waals surface area contributed by atoms with Crippen LogP contribution in [-0.2, 0) is 14.3 Å². The second-order valence-corrected chi connectivity index (χ2v) is 8.83. The number of esters is 1. The van der Waals surface area contributed by atoms with Crippen molar-refractivity contribution in [1.29, 1.82) is 0 Å². The van der Waals surface area contributed by atoms with Crippen LogP contribution in [0.2, 0.25) is 0 Å². The highest BCUT2D eigenvalue weighted by Crippen LogP contribution is 2.48. The van der Waals surface area contributed by atoms with E-state index in [4.69, 9.17) is 9.47 Å². The van der Waals surface area contributed by atoms with E-state index in [0.29, 0.717) is 39.7 Å². The van der Waals surface area contributed by atoms with Gasteiger partial charge in [0, 0.05) is 29.3 Å². The number of allylic oxidation sites excluding steroid dienone is 3. The second-order valence-electron chi connectivity index (χ2n) is 7.98. The largest absolute Gasteiger partial charge is 0.503 e. The lowest BCUT2D eigenvalue weighted by Gasteiger charge is -2.39. The lowest BCUT2D eigenvalue weighted by molar-refractivity contribution is -0.136. The van der Waals surface area contributed by atoms with Crippen molar-refractivity contribution >= 4 is 27.7 Å². The molecule has 1 aromatic carbocycles. The lowest BCUT2D eigenvalue weighted by Crippen LogP contribution is -2.38. The van der Waals surface area contributed by atoms with E-state index in [-0.39, 0.29) is 22.7 Å². The predicted octanol–water partition coefficient (Wildman–Crippen LogP) is 3.94. The number of Topliss-reactive ketones (excluding diaryl/α,β-unsaturated/α-hetero) is 1. The fraction of sp³-hybridized carbons (Fsp3) is 0.429. The maximum absolute atomic E-state index is 13.1. The summed E-state index contributed by atoms with van der Waals surface area (Å²) in [5, 5.41) is 13.4. The van der Waals surface area contributed by atoms with Crippen molar-refractivity contribution < 1.29 is 24.2 Å². The Balaban J connectivity index is 2.27. The van der Waals surface area contributed by atoms with Gasteiger partial charge in [0.25, 0.3) is 0 Å². The highest BCUT2D eigenvalue weighted by molar-refractivity contribution is 9.10. The summed E-state index contributed by atoms with van der Waals surface area (Å²) >= 11 is 3.34. The molecule has 28 heavy (non-hydrogen) atoms. The number of methoxy groups -OCH3 is 2. The number of hydrogen-bond acceptors (Lipinski definition) is 6. The maximum atomic E-state index is 13.1. The first-order valence-electron chi connectivity index (χ1n) is 8.98. The van der Waals surface area contributed by atoms with Gasteiger partial charge in [-0.15, -0.1) is 0 Å². The van der Waals surface area contributed by atoms with Crippen molar-refractivity contribution in [3.8, 4) is 11.5 Å². The van der Waals surface area contributed by atoms with E-state index < -0.39 is 11.9 Å². The number of phenols is 1. The zero-order valence-corrected chi connectivity index (χ0v) is 18.2. The van der Waals surface area contributed by atoms with Crippen molar-refractivity contribution in [2.45, 2.75) is 39.5 Å². The Bertz CT molecular complexity index is 929. The first-order chi connectivity index (χ1) is 13.1. The molecule has 1 aliphatic heterocycles. The number of ether oxygens (including phenoxy) is 2. The SMILES string of the molecule is COC(=O)C1=C(C)NC2=C(C(=O)CC(C)(C)C2)C1c1cc(Br)c(O)c(OC)c1. The molecule has 1 heterocycles. The van der Waals surface area contributed by atoms with Crippen LogP contribution in [0.1, 0.15) is 45.1 Å². The number of carbonyl (C=O) groups excluding carboxylic acids is 2. The van der Waals surface area contributed by atoms with Gasteiger partial charge in [0.1, 0.15) is 0 Å². The molecular weight excluding hydrogens is 426 g/mol. The molecule has 3 rings (SSSR count). The number of hydrogen-bond donors (Lipinski definition) is 2. The molecular formula is C21H24BrNO5. The summed E-state index contributed by atoms with van der Waals surface area (Å²) in [7, 11) is 2.78. The first-order valence-corrected chi connectivity index (χ1v) is 9.77. The highest BCUT2D eigenvalue weighted by Gasteiger charge is 2.43. The van der Waals surface area contributed by atoms with Crippen molar-refractivity contribution in [2.75, 3.05) is 14.2 Å². The van der Waals surface area contributed by atoms with Gasteiger partial charge < -0.3 is 19.9 Å². The lowest BCUT2D eigenvalue weighted by atomic mass is 9.68. The van der Waals surface area contributed by atoms with Crippen LogP contribution in [-0.4, -0.2) is 31.1 Å². The molecule has 0 radical (unpaired) electrons. The zero-order valence-electron chi connectivity index (χ0n) is 16.6. The van der Waals surface area contributed by atoms with Crippen molar-refractivity contribution in [2.24, 2.45) is 5.41 Å². The number of benzene rings is 1. The fourth-order valence-corrected chi connectivity index (χ4v) is 4.53. The van der Waals surface area contributed by atoms with Gasteiger partial charge in [-0.05, 0) is 52.4 Å². The van der Waals surface area contributed by atoms with Crippen LogP contribution < -0.4 is 10.1 Å². The van der Waals surface area contributed by atoms with Crippen molar-refractivity contribution in [1.82, 2.24) is 5.32 Å². The van der Waals surface area contributed by atoms with Crippen molar-refractivity contribution in [3.63, 3.8) is 0 Å². The molecule has 0 fully saturated rings. The Hall–Kier alpha value is -2.28. The quantitative estimate of drug-likeness (QED) is 0.679. The Labute approximate surface area is 172 Å². The Morgan fingerprint density at radius 2 is 1.96 bits per heavy atom. The van der Waals surface area contributed by atoms with Gasteiger partial charge in [0.05, 0.1) is 24.3 Å². The molecule has 0 saturated carbocycles. The van der Waals surface area contributed by atoms with Gasteiger partial charge >= 0.3 is 5.97 Å². The molecule has 1 unspecified atom stereocenters.